The number of hydrogen-bond acceptors (Lipinski definition) is 5. The fourth-order valence-electron chi connectivity index (χ4n) is 0.875. The molecule has 1 aromatic carbocycles. The number of para-hydroxylation sites is 1. The molecule has 2 rings (SSSR count). The average Bonchev–Trinajstić information content (AvgIpc) is 2.61. The second kappa shape index (κ2) is 3.76. The predicted octanol–water partition coefficient (Wildman–Crippen LogP) is 2.27. The normalized spacial score (nSPS) is 10.2. The quantitative estimate of drug-likeness (QED) is 0.771. The predicted molar refractivity (Wildman–Crippen MR) is 54.9 cm³/mol. The van der Waals surface area contributed by atoms with Gasteiger partial charge in [0, 0.05) is 10.6 Å². The van der Waals surface area contributed by atoms with Crippen LogP contribution in [0.3, 0.4) is 0 Å². The Morgan fingerprint density at radius 3 is 2.85 bits per heavy atom. The third kappa shape index (κ3) is 1.99. The van der Waals surface area contributed by atoms with Gasteiger partial charge in [0.15, 0.2) is 4.34 Å². The summed E-state index contributed by atoms with van der Waals surface area (Å²) in [7, 11) is 0. The molecule has 0 fully saturated rings. The van der Waals surface area contributed by atoms with Crippen LogP contribution in [0.1, 0.15) is 0 Å². The molecule has 0 radical (unpaired) electrons. The number of nitrogen functional groups attached to an aromatic ring is 1. The Balaban J connectivity index is 2.24. The van der Waals surface area contributed by atoms with Gasteiger partial charge in [-0.1, -0.05) is 35.2 Å². The number of rotatable bonds is 2. The van der Waals surface area contributed by atoms with Gasteiger partial charge in [0.05, 0.1) is 0 Å². The number of benzene rings is 1. The van der Waals surface area contributed by atoms with Crippen molar-refractivity contribution in [2.45, 2.75) is 9.24 Å². The number of anilines is 1. The van der Waals surface area contributed by atoms with Crippen molar-refractivity contribution in [3.05, 3.63) is 29.8 Å². The van der Waals surface area contributed by atoms with Crippen molar-refractivity contribution < 1.29 is 0 Å². The minimum atomic E-state index is 0.780. The van der Waals surface area contributed by atoms with Crippen molar-refractivity contribution in [2.24, 2.45) is 0 Å². The molecule has 13 heavy (non-hydrogen) atoms. The maximum Gasteiger partial charge on any atom is 0.178 e. The maximum absolute atomic E-state index is 5.77. The molecule has 0 atom stereocenters. The zero-order chi connectivity index (χ0) is 9.10. The van der Waals surface area contributed by atoms with Crippen LogP contribution in [-0.2, 0) is 0 Å². The minimum Gasteiger partial charge on any atom is -0.398 e. The van der Waals surface area contributed by atoms with Crippen molar-refractivity contribution >= 4 is 28.8 Å². The van der Waals surface area contributed by atoms with E-state index in [9.17, 15) is 0 Å². The van der Waals surface area contributed by atoms with Crippen LogP contribution in [0.2, 0.25) is 0 Å². The van der Waals surface area contributed by atoms with E-state index in [0.717, 1.165) is 14.9 Å². The highest BCUT2D eigenvalue weighted by Crippen LogP contribution is 2.31. The van der Waals surface area contributed by atoms with Gasteiger partial charge in [-0.25, -0.2) is 0 Å². The Hall–Kier alpha value is -1.07. The van der Waals surface area contributed by atoms with E-state index in [1.807, 2.05) is 24.3 Å². The summed E-state index contributed by atoms with van der Waals surface area (Å²) in [5.41, 5.74) is 8.26. The number of aromatic nitrogens is 2. The molecule has 5 heteroatoms. The zero-order valence-corrected chi connectivity index (χ0v) is 8.31. The first-order valence-electron chi connectivity index (χ1n) is 3.65. The summed E-state index contributed by atoms with van der Waals surface area (Å²) in [4.78, 5) is 1.03. The molecule has 1 aromatic heterocycles. The van der Waals surface area contributed by atoms with Crippen molar-refractivity contribution in [2.75, 3.05) is 5.73 Å². The SMILES string of the molecule is Nc1ccccc1Sc1nncs1. The molecule has 0 saturated heterocycles. The third-order valence-corrected chi connectivity index (χ3v) is 3.33. The minimum absolute atomic E-state index is 0.780. The molecule has 2 N–H and O–H groups in total. The van der Waals surface area contributed by atoms with Gasteiger partial charge in [0.2, 0.25) is 0 Å². The summed E-state index contributed by atoms with van der Waals surface area (Å²) < 4.78 is 0.915. The highest BCUT2D eigenvalue weighted by molar-refractivity contribution is 8.01. The van der Waals surface area contributed by atoms with E-state index >= 15 is 0 Å². The lowest BCUT2D eigenvalue weighted by molar-refractivity contribution is 1.01. The van der Waals surface area contributed by atoms with E-state index in [1.165, 1.54) is 11.3 Å². The van der Waals surface area contributed by atoms with E-state index < -0.39 is 0 Å². The smallest absolute Gasteiger partial charge is 0.178 e. The second-order valence-corrected chi connectivity index (χ2v) is 4.47. The first-order chi connectivity index (χ1) is 6.36. The lowest BCUT2D eigenvalue weighted by Gasteiger charge is -2.00. The maximum atomic E-state index is 5.77. The average molecular weight is 209 g/mol. The Kier molecular flexibility index (Phi) is 2.47. The summed E-state index contributed by atoms with van der Waals surface area (Å²) in [6, 6.07) is 7.73. The highest BCUT2D eigenvalue weighted by Gasteiger charge is 2.02. The molecule has 2 aromatic rings. The summed E-state index contributed by atoms with van der Waals surface area (Å²) in [5.74, 6) is 0. The zero-order valence-electron chi connectivity index (χ0n) is 6.68. The summed E-state index contributed by atoms with van der Waals surface area (Å²) in [5, 5.41) is 7.68. The van der Waals surface area contributed by atoms with E-state index in [2.05, 4.69) is 10.2 Å². The lowest BCUT2D eigenvalue weighted by atomic mass is 10.3. The van der Waals surface area contributed by atoms with Gasteiger partial charge >= 0.3 is 0 Å². The van der Waals surface area contributed by atoms with Crippen molar-refractivity contribution in [3.63, 3.8) is 0 Å². The van der Waals surface area contributed by atoms with E-state index in [0.29, 0.717) is 0 Å². The van der Waals surface area contributed by atoms with Crippen molar-refractivity contribution in [1.29, 1.82) is 0 Å². The molecule has 1 heterocycles. The Bertz CT molecular complexity index is 386. The Morgan fingerprint density at radius 1 is 1.31 bits per heavy atom. The van der Waals surface area contributed by atoms with Gasteiger partial charge in [-0.3, -0.25) is 0 Å². The van der Waals surface area contributed by atoms with Crippen molar-refractivity contribution in [1.82, 2.24) is 10.2 Å². The highest BCUT2D eigenvalue weighted by atomic mass is 32.2. The van der Waals surface area contributed by atoms with E-state index in [1.54, 1.807) is 17.3 Å². The molecule has 0 aliphatic rings. The van der Waals surface area contributed by atoms with Crippen LogP contribution >= 0.6 is 23.1 Å². The van der Waals surface area contributed by atoms with Gasteiger partial charge in [-0.05, 0) is 12.1 Å². The van der Waals surface area contributed by atoms with Crippen molar-refractivity contribution in [3.8, 4) is 0 Å². The van der Waals surface area contributed by atoms with Crippen LogP contribution in [0.15, 0.2) is 39.0 Å². The second-order valence-electron chi connectivity index (χ2n) is 2.34. The monoisotopic (exact) mass is 209 g/mol. The van der Waals surface area contributed by atoms with Crippen LogP contribution < -0.4 is 5.73 Å². The first kappa shape index (κ1) is 8.52. The topological polar surface area (TPSA) is 51.8 Å². The molecule has 66 valence electrons. The number of nitrogens with zero attached hydrogens (tertiary/aromatic N) is 2. The summed E-state index contributed by atoms with van der Waals surface area (Å²) >= 11 is 3.05. The lowest BCUT2D eigenvalue weighted by Crippen LogP contribution is -1.86. The molecular formula is C8H7N3S2. The molecule has 0 spiro atoms. The Morgan fingerprint density at radius 2 is 2.15 bits per heavy atom. The van der Waals surface area contributed by atoms with Crippen LogP contribution in [0.5, 0.6) is 0 Å². The van der Waals surface area contributed by atoms with Gasteiger partial charge in [0.25, 0.3) is 0 Å². The molecular weight excluding hydrogens is 202 g/mol. The molecule has 0 amide bonds. The van der Waals surface area contributed by atoms with E-state index in [4.69, 9.17) is 5.73 Å². The third-order valence-electron chi connectivity index (χ3n) is 1.46. The number of nitrogens with two attached hydrogens (primary N) is 1. The van der Waals surface area contributed by atoms with Gasteiger partial charge in [-0.15, -0.1) is 10.2 Å². The van der Waals surface area contributed by atoms with Crippen LogP contribution in [0.25, 0.3) is 0 Å². The summed E-state index contributed by atoms with van der Waals surface area (Å²) in [6.07, 6.45) is 0. The molecule has 0 bridgehead atoms. The largest absolute Gasteiger partial charge is 0.398 e. The molecule has 0 unspecified atom stereocenters. The van der Waals surface area contributed by atoms with Gasteiger partial charge in [-0.2, -0.15) is 0 Å². The summed E-state index contributed by atoms with van der Waals surface area (Å²) in [6.45, 7) is 0. The van der Waals surface area contributed by atoms with Gasteiger partial charge in [0.1, 0.15) is 5.51 Å². The molecule has 0 aliphatic carbocycles. The van der Waals surface area contributed by atoms with E-state index in [-0.39, 0.29) is 0 Å². The Labute approximate surface area is 84.0 Å². The molecule has 3 nitrogen and oxygen atoms in total. The molecule has 0 aliphatic heterocycles. The van der Waals surface area contributed by atoms with Crippen LogP contribution in [-0.4, -0.2) is 10.2 Å². The fourth-order valence-corrected chi connectivity index (χ4v) is 2.35. The standard InChI is InChI=1S/C8H7N3S2/c9-6-3-1-2-4-7(6)13-8-11-10-5-12-8/h1-5H,9H2. The first-order valence-corrected chi connectivity index (χ1v) is 5.34. The van der Waals surface area contributed by atoms with Crippen LogP contribution in [0, 0.1) is 0 Å². The molecule has 0 saturated carbocycles. The van der Waals surface area contributed by atoms with Gasteiger partial charge < -0.3 is 5.73 Å². The number of hydrogen-bond donors (Lipinski definition) is 1. The van der Waals surface area contributed by atoms with Crippen LogP contribution in [0.4, 0.5) is 5.69 Å². The fraction of sp³-hybridized carbons (Fsp3) is 0.